The summed E-state index contributed by atoms with van der Waals surface area (Å²) in [7, 11) is 0. The molecule has 0 aliphatic carbocycles. The van der Waals surface area contributed by atoms with Crippen LogP contribution in [0.2, 0.25) is 0 Å². The van der Waals surface area contributed by atoms with E-state index < -0.39 is 5.60 Å². The van der Waals surface area contributed by atoms with Gasteiger partial charge in [-0.1, -0.05) is 23.8 Å². The number of aryl methyl sites for hydroxylation is 3. The number of aliphatic hydroxyl groups is 1. The molecule has 1 aromatic heterocycles. The Morgan fingerprint density at radius 1 is 1.32 bits per heavy atom. The predicted octanol–water partition coefficient (Wildman–Crippen LogP) is 2.97. The summed E-state index contributed by atoms with van der Waals surface area (Å²) in [5.74, 6) is 0.924. The summed E-state index contributed by atoms with van der Waals surface area (Å²) in [6.07, 6.45) is 4.27. The van der Waals surface area contributed by atoms with Gasteiger partial charge >= 0.3 is 0 Å². The van der Waals surface area contributed by atoms with Gasteiger partial charge in [-0.15, -0.1) is 0 Å². The van der Waals surface area contributed by atoms with Crippen molar-refractivity contribution in [2.45, 2.75) is 46.3 Å². The molecular formula is C16H22N2O. The average Bonchev–Trinajstić information content (AvgIpc) is 2.78. The van der Waals surface area contributed by atoms with Crippen LogP contribution >= 0.6 is 0 Å². The molecule has 0 aliphatic heterocycles. The molecule has 1 aromatic carbocycles. The third-order valence-electron chi connectivity index (χ3n) is 3.62. The second-order valence-electron chi connectivity index (χ2n) is 5.40. The Morgan fingerprint density at radius 2 is 2.05 bits per heavy atom. The predicted molar refractivity (Wildman–Crippen MR) is 77.1 cm³/mol. The molecule has 0 saturated heterocycles. The molecule has 3 heteroatoms. The van der Waals surface area contributed by atoms with Crippen molar-refractivity contribution in [1.29, 1.82) is 0 Å². The van der Waals surface area contributed by atoms with Gasteiger partial charge in [0, 0.05) is 25.4 Å². The Hall–Kier alpha value is -1.61. The fourth-order valence-corrected chi connectivity index (χ4v) is 2.51. The van der Waals surface area contributed by atoms with Gasteiger partial charge in [-0.25, -0.2) is 4.98 Å². The molecule has 0 bridgehead atoms. The summed E-state index contributed by atoms with van der Waals surface area (Å²) in [5, 5.41) is 10.8. The highest BCUT2D eigenvalue weighted by atomic mass is 16.3. The average molecular weight is 258 g/mol. The van der Waals surface area contributed by atoms with Crippen LogP contribution in [-0.4, -0.2) is 14.7 Å². The number of aromatic nitrogens is 2. The largest absolute Gasteiger partial charge is 0.385 e. The van der Waals surface area contributed by atoms with Crippen molar-refractivity contribution in [2.24, 2.45) is 0 Å². The molecule has 2 rings (SSSR count). The summed E-state index contributed by atoms with van der Waals surface area (Å²) in [4.78, 5) is 4.35. The molecule has 0 fully saturated rings. The monoisotopic (exact) mass is 258 g/mol. The van der Waals surface area contributed by atoms with Crippen LogP contribution in [0.25, 0.3) is 0 Å². The van der Waals surface area contributed by atoms with Gasteiger partial charge in [0.25, 0.3) is 0 Å². The first-order valence-corrected chi connectivity index (χ1v) is 6.74. The standard InChI is InChI=1S/C16H22N2O/c1-5-18-9-8-17-15(18)11-16(4,19)14-10-12(2)6-7-13(14)3/h6-10,19H,5,11H2,1-4H3. The summed E-state index contributed by atoms with van der Waals surface area (Å²) < 4.78 is 2.07. The van der Waals surface area contributed by atoms with Crippen LogP contribution in [0.4, 0.5) is 0 Å². The highest BCUT2D eigenvalue weighted by molar-refractivity contribution is 5.35. The minimum absolute atomic E-state index is 0.526. The maximum absolute atomic E-state index is 10.8. The number of benzene rings is 1. The number of imidazole rings is 1. The van der Waals surface area contributed by atoms with Crippen LogP contribution in [-0.2, 0) is 18.6 Å². The maximum atomic E-state index is 10.8. The van der Waals surface area contributed by atoms with E-state index in [1.807, 2.05) is 27.0 Å². The topological polar surface area (TPSA) is 38.0 Å². The van der Waals surface area contributed by atoms with Gasteiger partial charge in [-0.05, 0) is 38.8 Å². The molecule has 0 aliphatic rings. The van der Waals surface area contributed by atoms with Gasteiger partial charge in [-0.2, -0.15) is 0 Å². The second-order valence-corrected chi connectivity index (χ2v) is 5.40. The number of hydrogen-bond acceptors (Lipinski definition) is 2. The lowest BCUT2D eigenvalue weighted by Gasteiger charge is -2.26. The van der Waals surface area contributed by atoms with Crippen molar-refractivity contribution in [3.63, 3.8) is 0 Å². The molecule has 19 heavy (non-hydrogen) atoms. The Balaban J connectivity index is 2.34. The zero-order valence-corrected chi connectivity index (χ0v) is 12.1. The van der Waals surface area contributed by atoms with E-state index in [1.54, 1.807) is 6.20 Å². The molecule has 1 heterocycles. The first kappa shape index (κ1) is 13.8. The van der Waals surface area contributed by atoms with Crippen LogP contribution < -0.4 is 0 Å². The smallest absolute Gasteiger partial charge is 0.111 e. The van der Waals surface area contributed by atoms with Crippen molar-refractivity contribution in [3.8, 4) is 0 Å². The lowest BCUT2D eigenvalue weighted by molar-refractivity contribution is 0.0539. The third-order valence-corrected chi connectivity index (χ3v) is 3.62. The molecule has 1 atom stereocenters. The second kappa shape index (κ2) is 5.17. The summed E-state index contributed by atoms with van der Waals surface area (Å²) in [5.41, 5.74) is 2.37. The van der Waals surface area contributed by atoms with E-state index in [0.29, 0.717) is 6.42 Å². The Kier molecular flexibility index (Phi) is 3.76. The molecule has 0 radical (unpaired) electrons. The van der Waals surface area contributed by atoms with Crippen LogP contribution in [0.15, 0.2) is 30.6 Å². The fraction of sp³-hybridized carbons (Fsp3) is 0.438. The molecule has 3 nitrogen and oxygen atoms in total. The highest BCUT2D eigenvalue weighted by Crippen LogP contribution is 2.28. The van der Waals surface area contributed by atoms with E-state index in [4.69, 9.17) is 0 Å². The molecule has 2 aromatic rings. The van der Waals surface area contributed by atoms with Gasteiger partial charge < -0.3 is 9.67 Å². The highest BCUT2D eigenvalue weighted by Gasteiger charge is 2.27. The minimum Gasteiger partial charge on any atom is -0.385 e. The number of rotatable bonds is 4. The van der Waals surface area contributed by atoms with E-state index in [-0.39, 0.29) is 0 Å². The summed E-state index contributed by atoms with van der Waals surface area (Å²) >= 11 is 0. The minimum atomic E-state index is -0.894. The lowest BCUT2D eigenvalue weighted by Crippen LogP contribution is -2.27. The van der Waals surface area contributed by atoms with E-state index in [9.17, 15) is 5.11 Å². The van der Waals surface area contributed by atoms with Gasteiger partial charge in [0.05, 0.1) is 5.60 Å². The van der Waals surface area contributed by atoms with Crippen molar-refractivity contribution in [2.75, 3.05) is 0 Å². The number of nitrogens with zero attached hydrogens (tertiary/aromatic N) is 2. The number of hydrogen-bond donors (Lipinski definition) is 1. The SMILES string of the molecule is CCn1ccnc1CC(C)(O)c1cc(C)ccc1C. The molecule has 1 unspecified atom stereocenters. The normalized spacial score (nSPS) is 14.4. The van der Waals surface area contributed by atoms with Crippen LogP contribution in [0, 0.1) is 13.8 Å². The Morgan fingerprint density at radius 3 is 2.74 bits per heavy atom. The van der Waals surface area contributed by atoms with E-state index in [0.717, 1.165) is 23.5 Å². The Bertz CT molecular complexity index is 570. The van der Waals surface area contributed by atoms with Crippen molar-refractivity contribution >= 4 is 0 Å². The fourth-order valence-electron chi connectivity index (χ4n) is 2.51. The third kappa shape index (κ3) is 2.87. The van der Waals surface area contributed by atoms with E-state index >= 15 is 0 Å². The zero-order chi connectivity index (χ0) is 14.0. The molecule has 0 saturated carbocycles. The molecule has 0 spiro atoms. The zero-order valence-electron chi connectivity index (χ0n) is 12.1. The summed E-state index contributed by atoms with van der Waals surface area (Å²) in [6, 6.07) is 6.20. The molecule has 0 amide bonds. The van der Waals surface area contributed by atoms with Gasteiger partial charge in [0.15, 0.2) is 0 Å². The maximum Gasteiger partial charge on any atom is 0.111 e. The Labute approximate surface area is 114 Å². The molecule has 102 valence electrons. The van der Waals surface area contributed by atoms with Crippen molar-refractivity contribution in [1.82, 2.24) is 9.55 Å². The first-order chi connectivity index (χ1) is 8.94. The van der Waals surface area contributed by atoms with E-state index in [1.165, 1.54) is 5.56 Å². The summed E-state index contributed by atoms with van der Waals surface area (Å²) in [6.45, 7) is 8.90. The van der Waals surface area contributed by atoms with Crippen LogP contribution in [0.1, 0.15) is 36.4 Å². The van der Waals surface area contributed by atoms with Crippen molar-refractivity contribution < 1.29 is 5.11 Å². The van der Waals surface area contributed by atoms with Gasteiger partial charge in [-0.3, -0.25) is 0 Å². The van der Waals surface area contributed by atoms with Crippen molar-refractivity contribution in [3.05, 3.63) is 53.1 Å². The van der Waals surface area contributed by atoms with Gasteiger partial charge in [0.2, 0.25) is 0 Å². The first-order valence-electron chi connectivity index (χ1n) is 6.74. The molecular weight excluding hydrogens is 236 g/mol. The lowest BCUT2D eigenvalue weighted by atomic mass is 9.88. The van der Waals surface area contributed by atoms with E-state index in [2.05, 4.69) is 34.7 Å². The van der Waals surface area contributed by atoms with Crippen LogP contribution in [0.3, 0.4) is 0 Å². The van der Waals surface area contributed by atoms with Gasteiger partial charge in [0.1, 0.15) is 5.82 Å². The van der Waals surface area contributed by atoms with Crippen LogP contribution in [0.5, 0.6) is 0 Å². The quantitative estimate of drug-likeness (QED) is 0.915. The molecule has 1 N–H and O–H groups in total.